The zero-order valence-corrected chi connectivity index (χ0v) is 20.9. The Balaban J connectivity index is 1.33. The number of halogens is 2. The van der Waals surface area contributed by atoms with Crippen LogP contribution in [0.2, 0.25) is 0 Å². The van der Waals surface area contributed by atoms with Crippen molar-refractivity contribution in [1.29, 1.82) is 0 Å². The first-order valence-corrected chi connectivity index (χ1v) is 13.5. The second-order valence-corrected chi connectivity index (χ2v) is 11.4. The highest BCUT2D eigenvalue weighted by Crippen LogP contribution is 2.42. The molecule has 9 heteroatoms. The second-order valence-electron chi connectivity index (χ2n) is 11.4. The van der Waals surface area contributed by atoms with Gasteiger partial charge in [0, 0.05) is 25.0 Å². The van der Waals surface area contributed by atoms with Gasteiger partial charge in [0.1, 0.15) is 29.5 Å². The first-order chi connectivity index (χ1) is 18.0. The SMILES string of the molecule is Nc1cccc(F)c1-c1ncc2c(N3CC4CCC(C4)C3)nc(OCC34CCCN3CCC4)nc2c1F. The van der Waals surface area contributed by atoms with Crippen molar-refractivity contribution in [2.45, 2.75) is 50.5 Å². The number of nitrogens with zero attached hydrogens (tertiary/aromatic N) is 5. The molecule has 4 aliphatic rings. The molecule has 4 fully saturated rings. The zero-order valence-electron chi connectivity index (χ0n) is 20.9. The number of benzene rings is 1. The summed E-state index contributed by atoms with van der Waals surface area (Å²) in [5, 5.41) is 0.520. The van der Waals surface area contributed by atoms with Gasteiger partial charge in [0.2, 0.25) is 0 Å². The third-order valence-corrected chi connectivity index (χ3v) is 9.11. The van der Waals surface area contributed by atoms with Crippen LogP contribution in [-0.2, 0) is 0 Å². The molecule has 3 aromatic rings. The molecule has 2 N–H and O–H groups in total. The van der Waals surface area contributed by atoms with Crippen molar-refractivity contribution in [2.24, 2.45) is 11.8 Å². The van der Waals surface area contributed by atoms with E-state index in [1.54, 1.807) is 12.3 Å². The summed E-state index contributed by atoms with van der Waals surface area (Å²) in [5.41, 5.74) is 6.08. The fourth-order valence-corrected chi connectivity index (χ4v) is 7.33. The van der Waals surface area contributed by atoms with Gasteiger partial charge in [-0.05, 0) is 82.0 Å². The van der Waals surface area contributed by atoms with Crippen molar-refractivity contribution >= 4 is 22.4 Å². The van der Waals surface area contributed by atoms with Crippen molar-refractivity contribution in [2.75, 3.05) is 43.4 Å². The molecule has 0 spiro atoms. The standard InChI is InChI=1S/C28H32F2N6O/c29-20-4-1-5-21(31)22(20)25-23(30)24-19(13-32-25)26(35-14-17-6-7-18(12-17)15-35)34-27(33-24)37-16-28-8-2-10-36(28)11-3-9-28/h1,4-5,13,17-18H,2-3,6-12,14-16,31H2. The van der Waals surface area contributed by atoms with E-state index in [4.69, 9.17) is 15.5 Å². The van der Waals surface area contributed by atoms with Gasteiger partial charge in [0.15, 0.2) is 5.82 Å². The summed E-state index contributed by atoms with van der Waals surface area (Å²) in [5.74, 6) is 0.569. The van der Waals surface area contributed by atoms with E-state index in [0.29, 0.717) is 29.6 Å². The molecule has 1 aromatic carbocycles. The smallest absolute Gasteiger partial charge is 0.319 e. The van der Waals surface area contributed by atoms with Crippen LogP contribution in [0.15, 0.2) is 24.4 Å². The Morgan fingerprint density at radius 1 is 1.05 bits per heavy atom. The average Bonchev–Trinajstić information content (AvgIpc) is 3.57. The lowest BCUT2D eigenvalue weighted by Crippen LogP contribution is -2.43. The zero-order chi connectivity index (χ0) is 25.1. The van der Waals surface area contributed by atoms with Crippen LogP contribution in [0.5, 0.6) is 6.01 Å². The molecule has 7 nitrogen and oxygen atoms in total. The lowest BCUT2D eigenvalue weighted by molar-refractivity contribution is 0.108. The van der Waals surface area contributed by atoms with Crippen molar-refractivity contribution in [3.05, 3.63) is 36.0 Å². The Morgan fingerprint density at radius 2 is 1.81 bits per heavy atom. The van der Waals surface area contributed by atoms with E-state index in [9.17, 15) is 4.39 Å². The largest absolute Gasteiger partial charge is 0.461 e. The third-order valence-electron chi connectivity index (χ3n) is 9.11. The summed E-state index contributed by atoms with van der Waals surface area (Å²) in [6.45, 7) is 4.44. The van der Waals surface area contributed by atoms with Crippen LogP contribution in [-0.4, -0.2) is 58.2 Å². The van der Waals surface area contributed by atoms with Gasteiger partial charge < -0.3 is 15.4 Å². The quantitative estimate of drug-likeness (QED) is 0.498. The van der Waals surface area contributed by atoms with Crippen LogP contribution in [0.4, 0.5) is 20.3 Å². The van der Waals surface area contributed by atoms with Crippen LogP contribution in [0.1, 0.15) is 44.9 Å². The van der Waals surface area contributed by atoms with Crippen molar-refractivity contribution in [1.82, 2.24) is 19.9 Å². The molecule has 2 bridgehead atoms. The maximum Gasteiger partial charge on any atom is 0.319 e. The van der Waals surface area contributed by atoms with E-state index in [2.05, 4.69) is 19.8 Å². The summed E-state index contributed by atoms with van der Waals surface area (Å²) in [6.07, 6.45) is 9.75. The average molecular weight is 507 g/mol. The van der Waals surface area contributed by atoms with Gasteiger partial charge in [0.25, 0.3) is 0 Å². The van der Waals surface area contributed by atoms with E-state index in [-0.39, 0.29) is 34.0 Å². The van der Waals surface area contributed by atoms with Gasteiger partial charge >= 0.3 is 6.01 Å². The number of aromatic nitrogens is 3. The Bertz CT molecular complexity index is 1320. The van der Waals surface area contributed by atoms with E-state index < -0.39 is 11.6 Å². The number of nitrogens with two attached hydrogens (primary N) is 1. The molecule has 37 heavy (non-hydrogen) atoms. The van der Waals surface area contributed by atoms with Gasteiger partial charge in [-0.3, -0.25) is 9.88 Å². The topological polar surface area (TPSA) is 80.4 Å². The van der Waals surface area contributed by atoms with Crippen LogP contribution in [0, 0.1) is 23.5 Å². The molecule has 2 aromatic heterocycles. The number of ether oxygens (including phenoxy) is 1. The molecule has 1 aliphatic carbocycles. The minimum Gasteiger partial charge on any atom is -0.461 e. The maximum atomic E-state index is 16.1. The van der Waals surface area contributed by atoms with E-state index >= 15 is 4.39 Å². The summed E-state index contributed by atoms with van der Waals surface area (Å²) in [4.78, 5) is 18.5. The van der Waals surface area contributed by atoms with Gasteiger partial charge in [-0.1, -0.05) is 6.07 Å². The van der Waals surface area contributed by atoms with Gasteiger partial charge in [-0.15, -0.1) is 0 Å². The molecule has 0 radical (unpaired) electrons. The van der Waals surface area contributed by atoms with Crippen LogP contribution >= 0.6 is 0 Å². The Hall–Kier alpha value is -3.07. The van der Waals surface area contributed by atoms with Gasteiger partial charge in [-0.25, -0.2) is 8.78 Å². The number of hydrogen-bond donors (Lipinski definition) is 1. The number of piperidine rings is 1. The number of nitrogen functional groups attached to an aromatic ring is 1. The summed E-state index contributed by atoms with van der Waals surface area (Å²) < 4.78 is 37.1. The molecule has 194 valence electrons. The Kier molecular flexibility index (Phi) is 5.46. The van der Waals surface area contributed by atoms with E-state index in [0.717, 1.165) is 51.9 Å². The summed E-state index contributed by atoms with van der Waals surface area (Å²) in [6, 6.07) is 4.47. The Morgan fingerprint density at radius 3 is 2.54 bits per heavy atom. The highest BCUT2D eigenvalue weighted by Gasteiger charge is 2.45. The minimum absolute atomic E-state index is 0.0201. The lowest BCUT2D eigenvalue weighted by atomic mass is 9.95. The number of hydrogen-bond acceptors (Lipinski definition) is 7. The third kappa shape index (κ3) is 3.81. The number of rotatable bonds is 5. The number of fused-ring (bicyclic) bond motifs is 4. The maximum absolute atomic E-state index is 16.1. The highest BCUT2D eigenvalue weighted by molar-refractivity contribution is 5.93. The van der Waals surface area contributed by atoms with Crippen LogP contribution in [0.3, 0.4) is 0 Å². The molecule has 0 amide bonds. The molecule has 1 saturated carbocycles. The first-order valence-electron chi connectivity index (χ1n) is 13.5. The fraction of sp³-hybridized carbons (Fsp3) is 0.536. The van der Waals surface area contributed by atoms with Crippen LogP contribution in [0.25, 0.3) is 22.2 Å². The Labute approximate surface area is 215 Å². The highest BCUT2D eigenvalue weighted by atomic mass is 19.1. The fourth-order valence-electron chi connectivity index (χ4n) is 7.33. The molecule has 2 unspecified atom stereocenters. The first kappa shape index (κ1) is 23.1. The van der Waals surface area contributed by atoms with Crippen molar-refractivity contribution in [3.63, 3.8) is 0 Å². The molecular weight excluding hydrogens is 474 g/mol. The molecule has 7 rings (SSSR count). The van der Waals surface area contributed by atoms with Crippen molar-refractivity contribution in [3.8, 4) is 17.3 Å². The number of anilines is 2. The summed E-state index contributed by atoms with van der Waals surface area (Å²) in [7, 11) is 0. The van der Waals surface area contributed by atoms with Gasteiger partial charge in [-0.2, -0.15) is 9.97 Å². The molecule has 5 heterocycles. The monoisotopic (exact) mass is 506 g/mol. The lowest BCUT2D eigenvalue weighted by Gasteiger charge is -2.34. The molecule has 2 atom stereocenters. The number of pyridine rings is 1. The van der Waals surface area contributed by atoms with Crippen molar-refractivity contribution < 1.29 is 13.5 Å². The summed E-state index contributed by atoms with van der Waals surface area (Å²) >= 11 is 0. The van der Waals surface area contributed by atoms with Gasteiger partial charge in [0.05, 0.1) is 16.5 Å². The second kappa shape index (κ2) is 8.75. The van der Waals surface area contributed by atoms with E-state index in [1.807, 2.05) is 0 Å². The normalized spacial score (nSPS) is 24.6. The molecule has 3 aliphatic heterocycles. The molecular formula is C28H32F2N6O. The predicted octanol–water partition coefficient (Wildman–Crippen LogP) is 4.80. The van der Waals surface area contributed by atoms with Crippen LogP contribution < -0.4 is 15.4 Å². The molecule has 3 saturated heterocycles. The predicted molar refractivity (Wildman–Crippen MR) is 138 cm³/mol. The van der Waals surface area contributed by atoms with E-state index in [1.165, 1.54) is 31.4 Å². The minimum atomic E-state index is -0.704.